The van der Waals surface area contributed by atoms with Crippen LogP contribution >= 0.6 is 0 Å². The van der Waals surface area contributed by atoms with Gasteiger partial charge in [0.05, 0.1) is 5.56 Å². The fraction of sp³-hybridized carbons (Fsp3) is 0.556. The van der Waals surface area contributed by atoms with Crippen LogP contribution in [0.15, 0.2) is 24.3 Å². The molecule has 1 aromatic carbocycles. The van der Waals surface area contributed by atoms with E-state index in [1.807, 2.05) is 0 Å². The quantitative estimate of drug-likeness (QED) is 0.772. The third-order valence-electron chi connectivity index (χ3n) is 4.88. The number of rotatable bonds is 5. The molecule has 1 fully saturated rings. The molecule has 1 saturated heterocycles. The Morgan fingerprint density at radius 1 is 1.25 bits per heavy atom. The smallest absolute Gasteiger partial charge is 0.335 e. The normalized spacial score (nSPS) is 20.4. The van der Waals surface area contributed by atoms with E-state index >= 15 is 0 Å². The highest BCUT2D eigenvalue weighted by atomic mass is 16.4. The molecule has 6 heteroatoms. The van der Waals surface area contributed by atoms with Crippen molar-refractivity contribution in [3.05, 3.63) is 35.4 Å². The Hall–Kier alpha value is -2.08. The summed E-state index contributed by atoms with van der Waals surface area (Å²) in [6.07, 6.45) is 2.36. The van der Waals surface area contributed by atoms with Crippen molar-refractivity contribution >= 4 is 12.0 Å². The lowest BCUT2D eigenvalue weighted by molar-refractivity contribution is 0.0598. The van der Waals surface area contributed by atoms with Gasteiger partial charge in [-0.1, -0.05) is 26.0 Å². The molecule has 24 heavy (non-hydrogen) atoms. The van der Waals surface area contributed by atoms with E-state index in [2.05, 4.69) is 36.4 Å². The second-order valence-electron chi connectivity index (χ2n) is 7.15. The van der Waals surface area contributed by atoms with Gasteiger partial charge in [-0.15, -0.1) is 0 Å². The first-order valence-corrected chi connectivity index (χ1v) is 8.34. The number of aromatic carboxylic acids is 1. The summed E-state index contributed by atoms with van der Waals surface area (Å²) < 4.78 is 0. The molecular formula is C18H27N3O3. The van der Waals surface area contributed by atoms with Crippen LogP contribution in [0.2, 0.25) is 0 Å². The van der Waals surface area contributed by atoms with Crippen LogP contribution in [-0.4, -0.2) is 48.2 Å². The topological polar surface area (TPSA) is 81.7 Å². The zero-order valence-corrected chi connectivity index (χ0v) is 14.6. The van der Waals surface area contributed by atoms with Crippen LogP contribution in [0, 0.1) is 5.41 Å². The third kappa shape index (κ3) is 4.71. The van der Waals surface area contributed by atoms with Gasteiger partial charge in [-0.3, -0.25) is 0 Å². The van der Waals surface area contributed by atoms with Gasteiger partial charge in [-0.2, -0.15) is 0 Å². The lowest BCUT2D eigenvalue weighted by Crippen LogP contribution is -2.54. The number of likely N-dealkylation sites (tertiary alicyclic amines) is 1. The van der Waals surface area contributed by atoms with Crippen molar-refractivity contribution in [3.8, 4) is 0 Å². The summed E-state index contributed by atoms with van der Waals surface area (Å²) in [5.74, 6) is -0.952. The standard InChI is InChI=1S/C18H27N3O3/c1-18(2)9-4-10-21(3)15(18)12-20-17(24)19-11-13-5-7-14(8-6-13)16(22)23/h5-8,15H,4,9-12H2,1-3H3,(H,22,23)(H2,19,20,24). The molecule has 3 N–H and O–H groups in total. The monoisotopic (exact) mass is 333 g/mol. The molecule has 132 valence electrons. The largest absolute Gasteiger partial charge is 0.478 e. The second-order valence-corrected chi connectivity index (χ2v) is 7.15. The first kappa shape index (κ1) is 18.3. The molecule has 0 radical (unpaired) electrons. The zero-order chi connectivity index (χ0) is 17.7. The number of hydrogen-bond donors (Lipinski definition) is 3. The van der Waals surface area contributed by atoms with Gasteiger partial charge in [0.15, 0.2) is 0 Å². The Kier molecular flexibility index (Phi) is 5.83. The Morgan fingerprint density at radius 3 is 2.50 bits per heavy atom. The molecule has 0 aromatic heterocycles. The molecule has 1 heterocycles. The van der Waals surface area contributed by atoms with E-state index in [9.17, 15) is 9.59 Å². The summed E-state index contributed by atoms with van der Waals surface area (Å²) >= 11 is 0. The van der Waals surface area contributed by atoms with Crippen LogP contribution in [-0.2, 0) is 6.54 Å². The first-order chi connectivity index (χ1) is 11.3. The van der Waals surface area contributed by atoms with Gasteiger partial charge in [0.25, 0.3) is 0 Å². The zero-order valence-electron chi connectivity index (χ0n) is 14.6. The minimum atomic E-state index is -0.952. The number of hydrogen-bond acceptors (Lipinski definition) is 3. The Balaban J connectivity index is 1.79. The molecule has 0 spiro atoms. The highest BCUT2D eigenvalue weighted by Crippen LogP contribution is 2.33. The van der Waals surface area contributed by atoms with Crippen LogP contribution in [0.3, 0.4) is 0 Å². The van der Waals surface area contributed by atoms with Crippen molar-refractivity contribution in [2.45, 2.75) is 39.3 Å². The van der Waals surface area contributed by atoms with Gasteiger partial charge in [0, 0.05) is 19.1 Å². The predicted octanol–water partition coefficient (Wildman–Crippen LogP) is 2.30. The van der Waals surface area contributed by atoms with Crippen LogP contribution < -0.4 is 10.6 Å². The molecule has 1 atom stereocenters. The maximum Gasteiger partial charge on any atom is 0.335 e. The average molecular weight is 333 g/mol. The van der Waals surface area contributed by atoms with E-state index in [1.165, 1.54) is 25.0 Å². The van der Waals surface area contributed by atoms with Crippen molar-refractivity contribution in [2.75, 3.05) is 20.1 Å². The predicted molar refractivity (Wildman–Crippen MR) is 93.1 cm³/mol. The maximum absolute atomic E-state index is 12.0. The molecule has 6 nitrogen and oxygen atoms in total. The summed E-state index contributed by atoms with van der Waals surface area (Å²) in [5, 5.41) is 14.6. The Morgan fingerprint density at radius 2 is 1.92 bits per heavy atom. The molecule has 0 bridgehead atoms. The van der Waals surface area contributed by atoms with E-state index < -0.39 is 5.97 Å². The summed E-state index contributed by atoms with van der Waals surface area (Å²) in [6, 6.07) is 6.62. The highest BCUT2D eigenvalue weighted by molar-refractivity contribution is 5.87. The summed E-state index contributed by atoms with van der Waals surface area (Å²) in [6.45, 7) is 6.55. The second kappa shape index (κ2) is 7.66. The summed E-state index contributed by atoms with van der Waals surface area (Å²) in [7, 11) is 2.11. The number of carbonyl (C=O) groups excluding carboxylic acids is 1. The number of amides is 2. The van der Waals surface area contributed by atoms with E-state index in [4.69, 9.17) is 5.11 Å². The van der Waals surface area contributed by atoms with Crippen LogP contribution in [0.1, 0.15) is 42.6 Å². The molecule has 2 amide bonds. The molecule has 1 aliphatic heterocycles. The van der Waals surface area contributed by atoms with E-state index in [-0.39, 0.29) is 17.0 Å². The molecule has 1 aliphatic rings. The molecule has 1 unspecified atom stereocenters. The molecule has 2 rings (SSSR count). The number of carboxylic acid groups (broad SMARTS) is 1. The van der Waals surface area contributed by atoms with Crippen LogP contribution in [0.25, 0.3) is 0 Å². The Bertz CT molecular complexity index is 584. The van der Waals surface area contributed by atoms with Crippen molar-refractivity contribution < 1.29 is 14.7 Å². The van der Waals surface area contributed by atoms with E-state index in [0.29, 0.717) is 19.1 Å². The highest BCUT2D eigenvalue weighted by Gasteiger charge is 2.35. The van der Waals surface area contributed by atoms with Gasteiger partial charge < -0.3 is 20.6 Å². The number of carbonyl (C=O) groups is 2. The van der Waals surface area contributed by atoms with Gasteiger partial charge in [-0.25, -0.2) is 9.59 Å². The van der Waals surface area contributed by atoms with Gasteiger partial charge in [0.2, 0.25) is 0 Å². The summed E-state index contributed by atoms with van der Waals surface area (Å²) in [5.41, 5.74) is 1.29. The third-order valence-corrected chi connectivity index (χ3v) is 4.88. The number of nitrogens with one attached hydrogen (secondary N) is 2. The number of piperidine rings is 1. The lowest BCUT2D eigenvalue weighted by atomic mass is 9.76. The van der Waals surface area contributed by atoms with E-state index in [1.54, 1.807) is 12.1 Å². The van der Waals surface area contributed by atoms with E-state index in [0.717, 1.165) is 12.1 Å². The van der Waals surface area contributed by atoms with Crippen molar-refractivity contribution in [1.82, 2.24) is 15.5 Å². The van der Waals surface area contributed by atoms with Gasteiger partial charge in [-0.05, 0) is 49.5 Å². The Labute approximate surface area is 143 Å². The molecular weight excluding hydrogens is 306 g/mol. The fourth-order valence-corrected chi connectivity index (χ4v) is 3.33. The van der Waals surface area contributed by atoms with Crippen LogP contribution in [0.4, 0.5) is 4.79 Å². The fourth-order valence-electron chi connectivity index (χ4n) is 3.33. The molecule has 0 saturated carbocycles. The minimum Gasteiger partial charge on any atom is -0.478 e. The molecule has 1 aromatic rings. The number of likely N-dealkylation sites (N-methyl/N-ethyl adjacent to an activating group) is 1. The first-order valence-electron chi connectivity index (χ1n) is 8.34. The number of nitrogens with zero attached hydrogens (tertiary/aromatic N) is 1. The summed E-state index contributed by atoms with van der Waals surface area (Å²) in [4.78, 5) is 25.1. The number of carboxylic acids is 1. The SMILES string of the molecule is CN1CCCC(C)(C)C1CNC(=O)NCc1ccc(C(=O)O)cc1. The van der Waals surface area contributed by atoms with Crippen molar-refractivity contribution in [2.24, 2.45) is 5.41 Å². The van der Waals surface area contributed by atoms with Crippen molar-refractivity contribution in [3.63, 3.8) is 0 Å². The number of benzene rings is 1. The van der Waals surface area contributed by atoms with Crippen LogP contribution in [0.5, 0.6) is 0 Å². The average Bonchev–Trinajstić information content (AvgIpc) is 2.52. The lowest BCUT2D eigenvalue weighted by Gasteiger charge is -2.45. The van der Waals surface area contributed by atoms with Gasteiger partial charge >= 0.3 is 12.0 Å². The number of urea groups is 1. The minimum absolute atomic E-state index is 0.187. The maximum atomic E-state index is 12.0. The molecule has 0 aliphatic carbocycles. The van der Waals surface area contributed by atoms with Gasteiger partial charge in [0.1, 0.15) is 0 Å². The van der Waals surface area contributed by atoms with Crippen molar-refractivity contribution in [1.29, 1.82) is 0 Å².